The molecule has 1 aromatic carbocycles. The minimum absolute atomic E-state index is 0.123. The summed E-state index contributed by atoms with van der Waals surface area (Å²) in [4.78, 5) is 15.1. The van der Waals surface area contributed by atoms with E-state index in [9.17, 15) is 9.18 Å². The van der Waals surface area contributed by atoms with Crippen molar-refractivity contribution in [2.24, 2.45) is 0 Å². The lowest BCUT2D eigenvalue weighted by molar-refractivity contribution is -0.129. The first-order chi connectivity index (χ1) is 10.2. The Morgan fingerprint density at radius 3 is 2.67 bits per heavy atom. The number of thiophene rings is 1. The summed E-state index contributed by atoms with van der Waals surface area (Å²) in [6.07, 6.45) is 0.942. The van der Waals surface area contributed by atoms with Crippen LogP contribution >= 0.6 is 23.1 Å². The van der Waals surface area contributed by atoms with Gasteiger partial charge in [-0.15, -0.1) is 11.8 Å². The molecule has 2 nitrogen and oxygen atoms in total. The Kier molecular flexibility index (Phi) is 6.26. The Bertz CT molecular complexity index is 554. The molecule has 0 spiro atoms. The number of hydrogen-bond acceptors (Lipinski definition) is 3. The lowest BCUT2D eigenvalue weighted by Crippen LogP contribution is -2.32. The van der Waals surface area contributed by atoms with Crippen LogP contribution in [-0.4, -0.2) is 23.1 Å². The highest BCUT2D eigenvalue weighted by Gasteiger charge is 2.13. The monoisotopic (exact) mass is 323 g/mol. The predicted octanol–water partition coefficient (Wildman–Crippen LogP) is 4.42. The van der Waals surface area contributed by atoms with E-state index in [2.05, 4.69) is 12.3 Å². The Morgan fingerprint density at radius 2 is 2.05 bits per heavy atom. The minimum Gasteiger partial charge on any atom is -0.338 e. The van der Waals surface area contributed by atoms with Crippen LogP contribution in [0, 0.1) is 5.82 Å². The van der Waals surface area contributed by atoms with E-state index in [1.807, 2.05) is 16.3 Å². The van der Waals surface area contributed by atoms with E-state index in [4.69, 9.17) is 0 Å². The molecule has 0 bridgehead atoms. The zero-order chi connectivity index (χ0) is 15.1. The molecule has 0 aliphatic rings. The second-order valence-corrected chi connectivity index (χ2v) is 6.52. The van der Waals surface area contributed by atoms with Gasteiger partial charge in [0.05, 0.1) is 5.75 Å². The molecule has 0 fully saturated rings. The molecule has 0 aliphatic carbocycles. The maximum atomic E-state index is 12.8. The first-order valence-corrected chi connectivity index (χ1v) is 8.79. The predicted molar refractivity (Wildman–Crippen MR) is 87.2 cm³/mol. The summed E-state index contributed by atoms with van der Waals surface area (Å²) < 4.78 is 12.8. The van der Waals surface area contributed by atoms with Crippen molar-refractivity contribution in [2.45, 2.75) is 24.8 Å². The van der Waals surface area contributed by atoms with Gasteiger partial charge in [-0.2, -0.15) is 11.3 Å². The maximum Gasteiger partial charge on any atom is 0.233 e. The number of hydrogen-bond donors (Lipinski definition) is 0. The average molecular weight is 323 g/mol. The van der Waals surface area contributed by atoms with Gasteiger partial charge in [0.1, 0.15) is 5.82 Å². The highest BCUT2D eigenvalue weighted by molar-refractivity contribution is 8.00. The molecule has 0 saturated carbocycles. The van der Waals surface area contributed by atoms with Gasteiger partial charge < -0.3 is 4.90 Å². The van der Waals surface area contributed by atoms with Gasteiger partial charge in [0.25, 0.3) is 0 Å². The van der Waals surface area contributed by atoms with Crippen molar-refractivity contribution in [2.75, 3.05) is 12.3 Å². The normalized spacial score (nSPS) is 10.6. The number of benzene rings is 1. The molecule has 0 atom stereocenters. The second kappa shape index (κ2) is 8.20. The van der Waals surface area contributed by atoms with Gasteiger partial charge in [0.15, 0.2) is 0 Å². The molecule has 0 unspecified atom stereocenters. The summed E-state index contributed by atoms with van der Waals surface area (Å²) in [5.41, 5.74) is 1.17. The van der Waals surface area contributed by atoms with Gasteiger partial charge in [-0.1, -0.05) is 6.92 Å². The summed E-state index contributed by atoms with van der Waals surface area (Å²) in [7, 11) is 0. The van der Waals surface area contributed by atoms with Gasteiger partial charge in [-0.3, -0.25) is 4.79 Å². The Balaban J connectivity index is 1.90. The first-order valence-electron chi connectivity index (χ1n) is 6.86. The zero-order valence-electron chi connectivity index (χ0n) is 11.9. The quantitative estimate of drug-likeness (QED) is 0.703. The van der Waals surface area contributed by atoms with Crippen molar-refractivity contribution >= 4 is 29.0 Å². The molecule has 2 aromatic rings. The van der Waals surface area contributed by atoms with Gasteiger partial charge >= 0.3 is 0 Å². The standard InChI is InChI=1S/C16H18FNOS2/c1-2-8-18(10-13-7-9-20-11-13)16(19)12-21-15-5-3-14(17)4-6-15/h3-7,9,11H,2,8,10,12H2,1H3. The topological polar surface area (TPSA) is 20.3 Å². The van der Waals surface area contributed by atoms with Gasteiger partial charge in [-0.25, -0.2) is 4.39 Å². The third-order valence-corrected chi connectivity index (χ3v) is 4.70. The van der Waals surface area contributed by atoms with Crippen LogP contribution in [0.15, 0.2) is 46.0 Å². The largest absolute Gasteiger partial charge is 0.338 e. The van der Waals surface area contributed by atoms with Gasteiger partial charge in [0, 0.05) is 18.0 Å². The molecule has 1 amide bonds. The molecule has 2 rings (SSSR count). The number of amides is 1. The van der Waals surface area contributed by atoms with Gasteiger partial charge in [0.2, 0.25) is 5.91 Å². The van der Waals surface area contributed by atoms with Crippen LogP contribution in [0.25, 0.3) is 0 Å². The zero-order valence-corrected chi connectivity index (χ0v) is 13.6. The second-order valence-electron chi connectivity index (χ2n) is 4.69. The van der Waals surface area contributed by atoms with Crippen LogP contribution in [0.3, 0.4) is 0 Å². The number of carbonyl (C=O) groups is 1. The molecular weight excluding hydrogens is 305 g/mol. The molecule has 1 aromatic heterocycles. The van der Waals surface area contributed by atoms with Crippen molar-refractivity contribution in [3.63, 3.8) is 0 Å². The average Bonchev–Trinajstić information content (AvgIpc) is 2.99. The molecular formula is C16H18FNOS2. The van der Waals surface area contributed by atoms with E-state index >= 15 is 0 Å². The maximum absolute atomic E-state index is 12.8. The molecule has 112 valence electrons. The highest BCUT2D eigenvalue weighted by atomic mass is 32.2. The van der Waals surface area contributed by atoms with Crippen LogP contribution < -0.4 is 0 Å². The number of thioether (sulfide) groups is 1. The summed E-state index contributed by atoms with van der Waals surface area (Å²) in [6.45, 7) is 3.50. The minimum atomic E-state index is -0.254. The number of halogens is 1. The number of rotatable bonds is 7. The lowest BCUT2D eigenvalue weighted by atomic mass is 10.3. The van der Waals surface area contributed by atoms with E-state index in [0.717, 1.165) is 17.9 Å². The van der Waals surface area contributed by atoms with E-state index in [0.29, 0.717) is 12.3 Å². The first kappa shape index (κ1) is 16.0. The molecule has 0 saturated heterocycles. The summed E-state index contributed by atoms with van der Waals surface area (Å²) in [6, 6.07) is 8.30. The fourth-order valence-electron chi connectivity index (χ4n) is 1.93. The fraction of sp³-hybridized carbons (Fsp3) is 0.312. The summed E-state index contributed by atoms with van der Waals surface area (Å²) in [5, 5.41) is 4.10. The summed E-state index contributed by atoms with van der Waals surface area (Å²) >= 11 is 3.09. The fourth-order valence-corrected chi connectivity index (χ4v) is 3.39. The third-order valence-electron chi connectivity index (χ3n) is 2.98. The van der Waals surface area contributed by atoms with E-state index in [1.165, 1.54) is 29.5 Å². The van der Waals surface area contributed by atoms with Crippen molar-refractivity contribution in [1.82, 2.24) is 4.90 Å². The number of carbonyl (C=O) groups excluding carboxylic acids is 1. The molecule has 0 radical (unpaired) electrons. The van der Waals surface area contributed by atoms with Crippen molar-refractivity contribution in [3.05, 3.63) is 52.5 Å². The molecule has 21 heavy (non-hydrogen) atoms. The molecule has 1 heterocycles. The highest BCUT2D eigenvalue weighted by Crippen LogP contribution is 2.19. The Labute approximate surface area is 133 Å². The SMILES string of the molecule is CCCN(Cc1ccsc1)C(=O)CSc1ccc(F)cc1. The van der Waals surface area contributed by atoms with Crippen LogP contribution in [0.1, 0.15) is 18.9 Å². The van der Waals surface area contributed by atoms with Crippen LogP contribution in [-0.2, 0) is 11.3 Å². The van der Waals surface area contributed by atoms with Crippen LogP contribution in [0.2, 0.25) is 0 Å². The van der Waals surface area contributed by atoms with Crippen molar-refractivity contribution in [1.29, 1.82) is 0 Å². The Morgan fingerprint density at radius 1 is 1.29 bits per heavy atom. The van der Waals surface area contributed by atoms with E-state index < -0.39 is 0 Å². The summed E-state index contributed by atoms with van der Waals surface area (Å²) in [5.74, 6) is 0.253. The van der Waals surface area contributed by atoms with E-state index in [-0.39, 0.29) is 11.7 Å². The number of nitrogens with zero attached hydrogens (tertiary/aromatic N) is 1. The van der Waals surface area contributed by atoms with Crippen LogP contribution in [0.4, 0.5) is 4.39 Å². The molecule has 0 aliphatic heterocycles. The van der Waals surface area contributed by atoms with Crippen molar-refractivity contribution < 1.29 is 9.18 Å². The lowest BCUT2D eigenvalue weighted by Gasteiger charge is -2.21. The van der Waals surface area contributed by atoms with Crippen LogP contribution in [0.5, 0.6) is 0 Å². The van der Waals surface area contributed by atoms with E-state index in [1.54, 1.807) is 23.5 Å². The third kappa shape index (κ3) is 5.17. The van der Waals surface area contributed by atoms with Gasteiger partial charge in [-0.05, 0) is 53.1 Å². The molecule has 5 heteroatoms. The molecule has 0 N–H and O–H groups in total. The Hall–Kier alpha value is -1.33. The smallest absolute Gasteiger partial charge is 0.233 e. The van der Waals surface area contributed by atoms with Crippen molar-refractivity contribution in [3.8, 4) is 0 Å².